The second-order valence-electron chi connectivity index (χ2n) is 9.91. The molecule has 10 heteroatoms. The third-order valence-corrected chi connectivity index (χ3v) is 7.25. The van der Waals surface area contributed by atoms with Crippen LogP contribution in [-0.2, 0) is 20.9 Å². The second-order valence-corrected chi connectivity index (χ2v) is 9.91. The molecule has 3 rings (SSSR count). The molecule has 2 fully saturated rings. The van der Waals surface area contributed by atoms with Crippen LogP contribution in [-0.4, -0.2) is 87.1 Å². The number of piperazine rings is 1. The first-order valence-electron chi connectivity index (χ1n) is 13.4. The first-order valence-corrected chi connectivity index (χ1v) is 13.4. The molecule has 0 bridgehead atoms. The Morgan fingerprint density at radius 2 is 1.95 bits per heavy atom. The third kappa shape index (κ3) is 7.04. The highest BCUT2D eigenvalue weighted by Gasteiger charge is 2.51. The highest BCUT2D eigenvalue weighted by molar-refractivity contribution is 5.91. The van der Waals surface area contributed by atoms with Crippen molar-refractivity contribution in [1.29, 1.82) is 0 Å². The van der Waals surface area contributed by atoms with E-state index in [0.29, 0.717) is 6.54 Å². The van der Waals surface area contributed by atoms with Crippen molar-refractivity contribution in [2.45, 2.75) is 71.1 Å². The van der Waals surface area contributed by atoms with Crippen LogP contribution >= 0.6 is 0 Å². The molecule has 3 atom stereocenters. The summed E-state index contributed by atoms with van der Waals surface area (Å²) >= 11 is 0. The van der Waals surface area contributed by atoms with Crippen LogP contribution in [0.1, 0.15) is 57.9 Å². The fourth-order valence-corrected chi connectivity index (χ4v) is 5.22. The minimum absolute atomic E-state index is 0.0206. The van der Waals surface area contributed by atoms with Gasteiger partial charge in [0, 0.05) is 19.5 Å². The van der Waals surface area contributed by atoms with Crippen LogP contribution in [0.2, 0.25) is 0 Å². The van der Waals surface area contributed by atoms with Gasteiger partial charge in [0.2, 0.25) is 11.8 Å². The standard InChI is InChI=1S/C28H39N5O5/c1-4-7-11-21(6-3)18-30-19-24-32(23(27(30)37)14-15-26(35)36)25(34)20-31(16-5-2)33(24)28(38)29-17-22-12-9-8-10-13-22/h2,8-10,12-13,21,23-24H,4,6-7,11,14-20H2,1,3H3,(H,29,38)(H,35,36)/t21?,23-,24?/m0/s1. The van der Waals surface area contributed by atoms with Crippen LogP contribution in [0.15, 0.2) is 30.3 Å². The molecule has 1 aromatic carbocycles. The zero-order valence-corrected chi connectivity index (χ0v) is 22.3. The number of hydrogen-bond acceptors (Lipinski definition) is 5. The number of carboxylic acid groups (broad SMARTS) is 1. The van der Waals surface area contributed by atoms with Gasteiger partial charge in [-0.25, -0.2) is 9.80 Å². The van der Waals surface area contributed by atoms with E-state index in [4.69, 9.17) is 6.42 Å². The summed E-state index contributed by atoms with van der Waals surface area (Å²) in [5.74, 6) is 1.14. The van der Waals surface area contributed by atoms with E-state index >= 15 is 0 Å². The van der Waals surface area contributed by atoms with Gasteiger partial charge in [-0.2, -0.15) is 5.01 Å². The maximum atomic E-state index is 13.6. The molecule has 1 aromatic rings. The molecule has 4 amide bonds. The van der Waals surface area contributed by atoms with E-state index in [2.05, 4.69) is 25.1 Å². The average Bonchev–Trinajstić information content (AvgIpc) is 2.90. The smallest absolute Gasteiger partial charge is 0.334 e. The predicted molar refractivity (Wildman–Crippen MR) is 142 cm³/mol. The Morgan fingerprint density at radius 3 is 2.58 bits per heavy atom. The number of fused-ring (bicyclic) bond motifs is 1. The van der Waals surface area contributed by atoms with Crippen molar-refractivity contribution in [2.24, 2.45) is 5.92 Å². The Morgan fingerprint density at radius 1 is 1.21 bits per heavy atom. The van der Waals surface area contributed by atoms with E-state index in [9.17, 15) is 24.3 Å². The van der Waals surface area contributed by atoms with Gasteiger partial charge >= 0.3 is 12.0 Å². The zero-order valence-electron chi connectivity index (χ0n) is 22.3. The van der Waals surface area contributed by atoms with Crippen molar-refractivity contribution in [3.8, 4) is 12.3 Å². The lowest BCUT2D eigenvalue weighted by atomic mass is 9.96. The highest BCUT2D eigenvalue weighted by Crippen LogP contribution is 2.29. The number of nitrogens with zero attached hydrogens (tertiary/aromatic N) is 4. The molecule has 0 aromatic heterocycles. The summed E-state index contributed by atoms with van der Waals surface area (Å²) in [4.78, 5) is 55.1. The number of carbonyl (C=O) groups is 4. The number of carboxylic acids is 1. The number of unbranched alkanes of at least 4 members (excludes halogenated alkanes) is 1. The molecule has 2 heterocycles. The summed E-state index contributed by atoms with van der Waals surface area (Å²) in [5, 5.41) is 15.2. The Labute approximate surface area is 224 Å². The molecule has 2 saturated heterocycles. The third-order valence-electron chi connectivity index (χ3n) is 7.25. The molecule has 0 radical (unpaired) electrons. The maximum Gasteiger partial charge on any atom is 0.334 e. The summed E-state index contributed by atoms with van der Waals surface area (Å²) in [6.45, 7) is 4.98. The molecular weight excluding hydrogens is 486 g/mol. The fourth-order valence-electron chi connectivity index (χ4n) is 5.22. The quantitative estimate of drug-likeness (QED) is 0.406. The first-order chi connectivity index (χ1) is 18.3. The SMILES string of the molecule is C#CCN1CC(=O)N2C(CN(CC(CC)CCCC)C(=O)[C@@H]2CCC(=O)O)N1C(=O)NCc1ccccc1. The maximum absolute atomic E-state index is 13.6. The number of nitrogens with one attached hydrogen (secondary N) is 1. The summed E-state index contributed by atoms with van der Waals surface area (Å²) < 4.78 is 0. The summed E-state index contributed by atoms with van der Waals surface area (Å²) in [7, 11) is 0. The van der Waals surface area contributed by atoms with Crippen molar-refractivity contribution < 1.29 is 24.3 Å². The largest absolute Gasteiger partial charge is 0.481 e. The van der Waals surface area contributed by atoms with E-state index in [1.54, 1.807) is 4.90 Å². The van der Waals surface area contributed by atoms with Crippen molar-refractivity contribution in [1.82, 2.24) is 25.1 Å². The second kappa shape index (κ2) is 13.8. The van der Waals surface area contributed by atoms with Gasteiger partial charge in [0.05, 0.1) is 19.6 Å². The van der Waals surface area contributed by atoms with Gasteiger partial charge < -0.3 is 20.2 Å². The van der Waals surface area contributed by atoms with Crippen LogP contribution < -0.4 is 5.32 Å². The van der Waals surface area contributed by atoms with Gasteiger partial charge in [0.15, 0.2) is 0 Å². The molecule has 206 valence electrons. The number of carbonyl (C=O) groups excluding carboxylic acids is 3. The number of hydrogen-bond donors (Lipinski definition) is 2. The van der Waals surface area contributed by atoms with E-state index < -0.39 is 24.2 Å². The fraction of sp³-hybridized carbons (Fsp3) is 0.571. The number of benzene rings is 1. The van der Waals surface area contributed by atoms with Gasteiger partial charge in [-0.3, -0.25) is 14.4 Å². The Balaban J connectivity index is 1.92. The minimum Gasteiger partial charge on any atom is -0.481 e. The van der Waals surface area contributed by atoms with Gasteiger partial charge in [-0.15, -0.1) is 6.42 Å². The van der Waals surface area contributed by atoms with Gasteiger partial charge in [-0.05, 0) is 24.3 Å². The van der Waals surface area contributed by atoms with Crippen LogP contribution in [0.25, 0.3) is 0 Å². The summed E-state index contributed by atoms with van der Waals surface area (Å²) in [5.41, 5.74) is 0.913. The molecule has 0 spiro atoms. The average molecular weight is 526 g/mol. The van der Waals surface area contributed by atoms with E-state index in [-0.39, 0.29) is 56.8 Å². The highest BCUT2D eigenvalue weighted by atomic mass is 16.4. The number of amides is 4. The van der Waals surface area contributed by atoms with Crippen LogP contribution in [0.3, 0.4) is 0 Å². The number of rotatable bonds is 12. The number of aliphatic carboxylic acids is 1. The summed E-state index contributed by atoms with van der Waals surface area (Å²) in [6.07, 6.45) is 8.46. The van der Waals surface area contributed by atoms with Gasteiger partial charge in [0.1, 0.15) is 12.2 Å². The lowest BCUT2D eigenvalue weighted by Crippen LogP contribution is -2.76. The summed E-state index contributed by atoms with van der Waals surface area (Å²) in [6, 6.07) is 8.06. The predicted octanol–water partition coefficient (Wildman–Crippen LogP) is 2.51. The van der Waals surface area contributed by atoms with Crippen LogP contribution in [0.4, 0.5) is 4.79 Å². The lowest BCUT2D eigenvalue weighted by molar-refractivity contribution is -0.190. The molecule has 2 aliphatic rings. The Bertz CT molecular complexity index is 1030. The van der Waals surface area contributed by atoms with Crippen molar-refractivity contribution in [3.63, 3.8) is 0 Å². The molecule has 38 heavy (non-hydrogen) atoms. The Hall–Kier alpha value is -3.58. The minimum atomic E-state index is -1.04. The molecule has 10 nitrogen and oxygen atoms in total. The molecule has 2 aliphatic heterocycles. The van der Waals surface area contributed by atoms with Crippen LogP contribution in [0.5, 0.6) is 0 Å². The zero-order chi connectivity index (χ0) is 27.7. The van der Waals surface area contributed by atoms with E-state index in [1.165, 1.54) is 14.9 Å². The van der Waals surface area contributed by atoms with Crippen molar-refractivity contribution >= 4 is 23.8 Å². The Kier molecular flexibility index (Phi) is 10.5. The number of urea groups is 1. The van der Waals surface area contributed by atoms with Gasteiger partial charge in [0.25, 0.3) is 0 Å². The van der Waals surface area contributed by atoms with E-state index in [0.717, 1.165) is 31.2 Å². The van der Waals surface area contributed by atoms with Crippen molar-refractivity contribution in [3.05, 3.63) is 35.9 Å². The number of hydrazine groups is 1. The normalized spacial score (nSPS) is 20.6. The molecular formula is C28H39N5O5. The van der Waals surface area contributed by atoms with E-state index in [1.807, 2.05) is 30.3 Å². The first kappa shape index (κ1) is 29.0. The van der Waals surface area contributed by atoms with Gasteiger partial charge in [-0.1, -0.05) is 69.4 Å². The topological polar surface area (TPSA) is 114 Å². The van der Waals surface area contributed by atoms with Crippen LogP contribution in [0, 0.1) is 18.3 Å². The van der Waals surface area contributed by atoms with Crippen molar-refractivity contribution in [2.75, 3.05) is 26.2 Å². The molecule has 2 unspecified atom stereocenters. The molecule has 0 aliphatic carbocycles. The lowest BCUT2D eigenvalue weighted by Gasteiger charge is -2.55. The molecule has 0 saturated carbocycles. The monoisotopic (exact) mass is 525 g/mol. The molecule has 2 N–H and O–H groups in total. The number of terminal acetylenes is 1.